The van der Waals surface area contributed by atoms with Gasteiger partial charge in [-0.05, 0) is 30.4 Å². The Hall–Kier alpha value is -1.88. The zero-order valence-corrected chi connectivity index (χ0v) is 14.0. The van der Waals surface area contributed by atoms with Crippen LogP contribution in [0, 0.1) is 6.92 Å². The van der Waals surface area contributed by atoms with Crippen molar-refractivity contribution < 1.29 is 19.4 Å². The van der Waals surface area contributed by atoms with Gasteiger partial charge in [0.1, 0.15) is 0 Å². The number of aliphatic carboxylic acids is 1. The molecule has 0 aromatic heterocycles. The van der Waals surface area contributed by atoms with Crippen LogP contribution in [0.3, 0.4) is 0 Å². The number of hydrogen-bond acceptors (Lipinski definition) is 3. The van der Waals surface area contributed by atoms with E-state index in [2.05, 4.69) is 0 Å². The molecule has 1 aromatic rings. The predicted molar refractivity (Wildman–Crippen MR) is 87.4 cm³/mol. The molecule has 2 rings (SSSR count). The van der Waals surface area contributed by atoms with Gasteiger partial charge in [0.05, 0.1) is 12.5 Å². The highest BCUT2D eigenvalue weighted by molar-refractivity contribution is 5.79. The lowest BCUT2D eigenvalue weighted by Crippen LogP contribution is -2.37. The van der Waals surface area contributed by atoms with Crippen molar-refractivity contribution in [2.75, 3.05) is 13.7 Å². The molecular formula is C18H25NO4. The fraction of sp³-hybridized carbons (Fsp3) is 0.556. The molecular weight excluding hydrogens is 294 g/mol. The van der Waals surface area contributed by atoms with Crippen LogP contribution in [0.5, 0.6) is 0 Å². The number of amides is 1. The van der Waals surface area contributed by atoms with E-state index in [1.165, 1.54) is 5.56 Å². The highest BCUT2D eigenvalue weighted by atomic mass is 16.5. The minimum Gasteiger partial charge on any atom is -0.481 e. The third-order valence-electron chi connectivity index (χ3n) is 4.64. The molecule has 126 valence electrons. The first kappa shape index (κ1) is 17.5. The summed E-state index contributed by atoms with van der Waals surface area (Å²) in [6, 6.07) is 7.78. The van der Waals surface area contributed by atoms with Crippen LogP contribution in [-0.2, 0) is 14.3 Å². The smallest absolute Gasteiger partial charge is 0.305 e. The van der Waals surface area contributed by atoms with E-state index in [1.54, 1.807) is 12.0 Å². The number of carboxylic acids is 1. The van der Waals surface area contributed by atoms with Crippen molar-refractivity contribution in [1.82, 2.24) is 4.90 Å². The Labute approximate surface area is 137 Å². The van der Waals surface area contributed by atoms with Gasteiger partial charge in [0.15, 0.2) is 0 Å². The number of likely N-dealkylation sites (tertiary alicyclic amines) is 1. The second kappa shape index (κ2) is 7.59. The van der Waals surface area contributed by atoms with E-state index in [9.17, 15) is 9.59 Å². The van der Waals surface area contributed by atoms with E-state index in [0.717, 1.165) is 5.56 Å². The van der Waals surface area contributed by atoms with Crippen LogP contribution in [0.15, 0.2) is 24.3 Å². The van der Waals surface area contributed by atoms with Gasteiger partial charge in [0.25, 0.3) is 0 Å². The van der Waals surface area contributed by atoms with Crippen LogP contribution in [0.4, 0.5) is 0 Å². The molecule has 5 nitrogen and oxygen atoms in total. The summed E-state index contributed by atoms with van der Waals surface area (Å²) in [5.41, 5.74) is 2.34. The number of carbonyl (C=O) groups excluding carboxylic acids is 1. The van der Waals surface area contributed by atoms with Gasteiger partial charge < -0.3 is 14.7 Å². The Morgan fingerprint density at radius 2 is 2.09 bits per heavy atom. The summed E-state index contributed by atoms with van der Waals surface area (Å²) < 4.78 is 5.33. The molecule has 1 heterocycles. The number of ether oxygens (including phenoxy) is 1. The minimum absolute atomic E-state index is 0.00607. The van der Waals surface area contributed by atoms with Crippen molar-refractivity contribution >= 4 is 11.9 Å². The maximum Gasteiger partial charge on any atom is 0.305 e. The topological polar surface area (TPSA) is 66.8 Å². The number of methoxy groups -OCH3 is 1. The molecule has 0 aliphatic carbocycles. The average molecular weight is 319 g/mol. The van der Waals surface area contributed by atoms with Gasteiger partial charge in [0, 0.05) is 26.1 Å². The van der Waals surface area contributed by atoms with Gasteiger partial charge in [-0.2, -0.15) is 0 Å². The van der Waals surface area contributed by atoms with Crippen LogP contribution in [0.1, 0.15) is 43.2 Å². The monoisotopic (exact) mass is 319 g/mol. The fourth-order valence-corrected chi connectivity index (χ4v) is 3.37. The summed E-state index contributed by atoms with van der Waals surface area (Å²) in [4.78, 5) is 25.4. The van der Waals surface area contributed by atoms with Crippen molar-refractivity contribution in [1.29, 1.82) is 0 Å². The lowest BCUT2D eigenvalue weighted by molar-refractivity contribution is -0.140. The van der Waals surface area contributed by atoms with Gasteiger partial charge in [-0.3, -0.25) is 9.59 Å². The molecule has 1 N–H and O–H groups in total. The lowest BCUT2D eigenvalue weighted by Gasteiger charge is -2.25. The summed E-state index contributed by atoms with van der Waals surface area (Å²) in [5.74, 6) is -0.765. The third-order valence-corrected chi connectivity index (χ3v) is 4.64. The van der Waals surface area contributed by atoms with E-state index < -0.39 is 5.97 Å². The zero-order chi connectivity index (χ0) is 17.0. The molecule has 23 heavy (non-hydrogen) atoms. The van der Waals surface area contributed by atoms with Gasteiger partial charge in [-0.15, -0.1) is 0 Å². The van der Waals surface area contributed by atoms with Gasteiger partial charge in [-0.25, -0.2) is 0 Å². The molecule has 1 aliphatic rings. The molecule has 3 atom stereocenters. The van der Waals surface area contributed by atoms with Gasteiger partial charge in [0.2, 0.25) is 5.91 Å². The Bertz CT molecular complexity index is 572. The lowest BCUT2D eigenvalue weighted by atomic mass is 9.93. The number of carboxylic acid groups (broad SMARTS) is 1. The van der Waals surface area contributed by atoms with Crippen molar-refractivity contribution in [3.05, 3.63) is 35.4 Å². The van der Waals surface area contributed by atoms with Gasteiger partial charge in [-0.1, -0.05) is 31.2 Å². The molecule has 1 saturated heterocycles. The first-order valence-corrected chi connectivity index (χ1v) is 8.02. The van der Waals surface area contributed by atoms with Gasteiger partial charge >= 0.3 is 5.97 Å². The summed E-state index contributed by atoms with van der Waals surface area (Å²) in [6.45, 7) is 4.56. The second-order valence-electron chi connectivity index (χ2n) is 6.35. The fourth-order valence-electron chi connectivity index (χ4n) is 3.37. The van der Waals surface area contributed by atoms with Crippen molar-refractivity contribution in [3.63, 3.8) is 0 Å². The SMILES string of the molecule is COC1CC(CC(=O)O)N(C(=O)CC(C)c2ccccc2C)C1. The highest BCUT2D eigenvalue weighted by Gasteiger charge is 2.36. The molecule has 1 aliphatic heterocycles. The summed E-state index contributed by atoms with van der Waals surface area (Å²) in [7, 11) is 1.60. The molecule has 1 aromatic carbocycles. The largest absolute Gasteiger partial charge is 0.481 e. The number of carbonyl (C=O) groups is 2. The standard InChI is InChI=1S/C18H25NO4/c1-12-6-4-5-7-16(12)13(2)8-17(20)19-11-15(23-3)9-14(19)10-18(21)22/h4-7,13-15H,8-11H2,1-3H3,(H,21,22). The zero-order valence-electron chi connectivity index (χ0n) is 14.0. The first-order chi connectivity index (χ1) is 10.9. The molecule has 0 spiro atoms. The Balaban J connectivity index is 2.06. The molecule has 0 saturated carbocycles. The number of nitrogens with zero attached hydrogens (tertiary/aromatic N) is 1. The number of hydrogen-bond donors (Lipinski definition) is 1. The minimum atomic E-state index is -0.878. The van der Waals surface area contributed by atoms with E-state index in [1.807, 2.05) is 38.1 Å². The normalized spacial score (nSPS) is 22.1. The maximum atomic E-state index is 12.7. The quantitative estimate of drug-likeness (QED) is 0.875. The van der Waals surface area contributed by atoms with E-state index >= 15 is 0 Å². The molecule has 5 heteroatoms. The Kier molecular flexibility index (Phi) is 5.77. The van der Waals surface area contributed by atoms with E-state index in [-0.39, 0.29) is 30.4 Å². The number of rotatable bonds is 6. The van der Waals surface area contributed by atoms with Crippen LogP contribution in [0.2, 0.25) is 0 Å². The summed E-state index contributed by atoms with van der Waals surface area (Å²) >= 11 is 0. The summed E-state index contributed by atoms with van der Waals surface area (Å²) in [5, 5.41) is 9.05. The van der Waals surface area contributed by atoms with Crippen LogP contribution in [0.25, 0.3) is 0 Å². The average Bonchev–Trinajstić information content (AvgIpc) is 2.89. The molecule has 3 unspecified atom stereocenters. The van der Waals surface area contributed by atoms with Crippen molar-refractivity contribution in [3.8, 4) is 0 Å². The maximum absolute atomic E-state index is 12.7. The summed E-state index contributed by atoms with van der Waals surface area (Å²) in [6.07, 6.45) is 0.881. The predicted octanol–water partition coefficient (Wildman–Crippen LogP) is 2.58. The molecule has 1 amide bonds. The Morgan fingerprint density at radius 1 is 1.39 bits per heavy atom. The van der Waals surface area contributed by atoms with E-state index in [4.69, 9.17) is 9.84 Å². The van der Waals surface area contributed by atoms with Crippen LogP contribution in [-0.4, -0.2) is 47.7 Å². The Morgan fingerprint density at radius 3 is 2.70 bits per heavy atom. The van der Waals surface area contributed by atoms with Crippen LogP contribution < -0.4 is 0 Å². The number of benzene rings is 1. The highest BCUT2D eigenvalue weighted by Crippen LogP contribution is 2.28. The molecule has 0 radical (unpaired) electrons. The number of aryl methyl sites for hydroxylation is 1. The first-order valence-electron chi connectivity index (χ1n) is 8.02. The van der Waals surface area contributed by atoms with Crippen molar-refractivity contribution in [2.24, 2.45) is 0 Å². The second-order valence-corrected chi connectivity index (χ2v) is 6.35. The van der Waals surface area contributed by atoms with Crippen LogP contribution >= 0.6 is 0 Å². The third kappa shape index (κ3) is 4.32. The molecule has 1 fully saturated rings. The van der Waals surface area contributed by atoms with E-state index in [0.29, 0.717) is 19.4 Å². The van der Waals surface area contributed by atoms with Crippen molar-refractivity contribution in [2.45, 2.75) is 51.2 Å². The molecule has 0 bridgehead atoms.